The number of benzene rings is 3. The van der Waals surface area contributed by atoms with E-state index in [9.17, 15) is 24.0 Å². The summed E-state index contributed by atoms with van der Waals surface area (Å²) in [4.78, 5) is 69.3. The Morgan fingerprint density at radius 1 is 0.884 bits per heavy atom. The summed E-state index contributed by atoms with van der Waals surface area (Å²) in [6, 6.07) is 25.3. The van der Waals surface area contributed by atoms with Crippen molar-refractivity contribution in [2.75, 3.05) is 10.2 Å². The summed E-state index contributed by atoms with van der Waals surface area (Å²) in [6.07, 6.45) is 4.76. The van der Waals surface area contributed by atoms with Crippen molar-refractivity contribution < 1.29 is 24.0 Å². The minimum absolute atomic E-state index is 0.0341. The van der Waals surface area contributed by atoms with Crippen LogP contribution in [0.1, 0.15) is 39.6 Å². The van der Waals surface area contributed by atoms with Crippen LogP contribution in [-0.2, 0) is 14.4 Å². The first kappa shape index (κ1) is 29.2. The zero-order valence-electron chi connectivity index (χ0n) is 23.0. The van der Waals surface area contributed by atoms with Crippen LogP contribution in [0.4, 0.5) is 11.4 Å². The number of thioether (sulfide) groups is 1. The van der Waals surface area contributed by atoms with Gasteiger partial charge in [-0.25, -0.2) is 4.90 Å². The van der Waals surface area contributed by atoms with Crippen molar-refractivity contribution >= 4 is 58.6 Å². The average Bonchev–Trinajstić information content (AvgIpc) is 3.30. The van der Waals surface area contributed by atoms with Gasteiger partial charge < -0.3 is 10.6 Å². The highest BCUT2D eigenvalue weighted by Gasteiger charge is 2.40. The molecular weight excluding hydrogens is 564 g/mol. The van der Waals surface area contributed by atoms with E-state index in [1.165, 1.54) is 24.8 Å². The number of imide groups is 1. The first-order chi connectivity index (χ1) is 20.8. The summed E-state index contributed by atoms with van der Waals surface area (Å²) >= 11 is 1.26. The molecule has 1 aliphatic heterocycles. The second-order valence-electron chi connectivity index (χ2n) is 9.62. The van der Waals surface area contributed by atoms with Gasteiger partial charge in [0.1, 0.15) is 5.70 Å². The highest BCUT2D eigenvalue weighted by Crippen LogP contribution is 2.34. The number of nitrogens with zero attached hydrogens (tertiary/aromatic N) is 2. The highest BCUT2D eigenvalue weighted by atomic mass is 32.2. The van der Waals surface area contributed by atoms with Gasteiger partial charge in [0.15, 0.2) is 5.78 Å². The molecule has 3 aromatic carbocycles. The minimum atomic E-state index is -0.609. The fourth-order valence-electron chi connectivity index (χ4n) is 4.36. The number of hydrogen-bond acceptors (Lipinski definition) is 7. The average molecular weight is 591 g/mol. The Morgan fingerprint density at radius 3 is 2.26 bits per heavy atom. The van der Waals surface area contributed by atoms with Crippen molar-refractivity contribution in [1.82, 2.24) is 10.3 Å². The number of carbonyl (C=O) groups excluding carboxylic acids is 5. The molecule has 0 saturated carbocycles. The van der Waals surface area contributed by atoms with Crippen molar-refractivity contribution in [3.8, 4) is 0 Å². The van der Waals surface area contributed by atoms with Gasteiger partial charge in [-0.1, -0.05) is 24.3 Å². The van der Waals surface area contributed by atoms with Crippen molar-refractivity contribution in [3.63, 3.8) is 0 Å². The summed E-state index contributed by atoms with van der Waals surface area (Å²) in [7, 11) is 0. The van der Waals surface area contributed by atoms with E-state index in [1.807, 2.05) is 0 Å². The number of Topliss-reactive ketones (excluding diaryl/α,β-unsaturated/α-hetero) is 1. The molecule has 0 aliphatic carbocycles. The molecule has 1 unspecified atom stereocenters. The Balaban J connectivity index is 1.26. The number of ketones is 1. The van der Waals surface area contributed by atoms with Crippen LogP contribution in [-0.4, -0.2) is 39.6 Å². The Bertz CT molecular complexity index is 1710. The lowest BCUT2D eigenvalue weighted by atomic mass is 10.1. The van der Waals surface area contributed by atoms with Gasteiger partial charge in [-0.2, -0.15) is 0 Å². The first-order valence-corrected chi connectivity index (χ1v) is 14.2. The van der Waals surface area contributed by atoms with Gasteiger partial charge in [0.2, 0.25) is 11.8 Å². The number of carbonyl (C=O) groups is 5. The van der Waals surface area contributed by atoms with Crippen LogP contribution in [0.25, 0.3) is 6.08 Å². The smallest absolute Gasteiger partial charge is 0.272 e. The van der Waals surface area contributed by atoms with Crippen LogP contribution in [0.15, 0.2) is 114 Å². The summed E-state index contributed by atoms with van der Waals surface area (Å²) in [5.74, 6) is -1.71. The van der Waals surface area contributed by atoms with Gasteiger partial charge in [-0.3, -0.25) is 29.0 Å². The maximum atomic E-state index is 13.2. The number of anilines is 2. The van der Waals surface area contributed by atoms with E-state index >= 15 is 0 Å². The zero-order valence-corrected chi connectivity index (χ0v) is 23.8. The molecule has 43 heavy (non-hydrogen) atoms. The number of aromatic nitrogens is 1. The molecular formula is C33H26N4O5S. The van der Waals surface area contributed by atoms with Crippen LogP contribution in [0.2, 0.25) is 0 Å². The molecule has 10 heteroatoms. The molecule has 0 spiro atoms. The molecule has 0 bridgehead atoms. The molecule has 5 rings (SSSR count). The van der Waals surface area contributed by atoms with E-state index in [1.54, 1.807) is 103 Å². The monoisotopic (exact) mass is 590 g/mol. The van der Waals surface area contributed by atoms with Gasteiger partial charge in [0.25, 0.3) is 11.8 Å². The Kier molecular flexibility index (Phi) is 8.88. The summed E-state index contributed by atoms with van der Waals surface area (Å²) in [5, 5.41) is 4.87. The van der Waals surface area contributed by atoms with E-state index in [2.05, 4.69) is 15.6 Å². The first-order valence-electron chi connectivity index (χ1n) is 13.3. The van der Waals surface area contributed by atoms with Crippen LogP contribution >= 0.6 is 11.8 Å². The van der Waals surface area contributed by atoms with Gasteiger partial charge in [-0.15, -0.1) is 11.8 Å². The zero-order chi connectivity index (χ0) is 30.3. The van der Waals surface area contributed by atoms with Gasteiger partial charge in [0.05, 0.1) is 10.9 Å². The second-order valence-corrected chi connectivity index (χ2v) is 10.9. The third kappa shape index (κ3) is 7.11. The summed E-state index contributed by atoms with van der Waals surface area (Å²) in [6.45, 7) is 1.45. The lowest BCUT2D eigenvalue weighted by molar-refractivity contribution is -0.121. The van der Waals surface area contributed by atoms with Crippen LogP contribution in [0.5, 0.6) is 0 Å². The molecule has 4 aromatic rings. The van der Waals surface area contributed by atoms with E-state index < -0.39 is 17.1 Å². The third-order valence-electron chi connectivity index (χ3n) is 6.55. The van der Waals surface area contributed by atoms with Crippen molar-refractivity contribution in [1.29, 1.82) is 0 Å². The largest absolute Gasteiger partial charge is 0.321 e. The lowest BCUT2D eigenvalue weighted by Crippen LogP contribution is -2.31. The van der Waals surface area contributed by atoms with E-state index in [0.29, 0.717) is 28.1 Å². The molecule has 1 atom stereocenters. The Labute approximate surface area is 252 Å². The lowest BCUT2D eigenvalue weighted by Gasteiger charge is -2.15. The number of nitrogens with one attached hydrogen (secondary N) is 2. The molecule has 2 heterocycles. The SMILES string of the molecule is CC(=O)c1ccc(N2C(=O)CC(Sc3ccc(NC(=O)/C(=C/c4cccnc4)NC(=O)c4ccccc4)cc3)C2=O)cc1. The van der Waals surface area contributed by atoms with E-state index in [-0.39, 0.29) is 29.7 Å². The fourth-order valence-corrected chi connectivity index (χ4v) is 5.42. The van der Waals surface area contributed by atoms with Crippen LogP contribution in [0, 0.1) is 0 Å². The summed E-state index contributed by atoms with van der Waals surface area (Å²) < 4.78 is 0. The Morgan fingerprint density at radius 2 is 1.60 bits per heavy atom. The maximum absolute atomic E-state index is 13.2. The molecule has 4 amide bonds. The highest BCUT2D eigenvalue weighted by molar-refractivity contribution is 8.00. The molecule has 1 saturated heterocycles. The van der Waals surface area contributed by atoms with Crippen molar-refractivity contribution in [2.45, 2.75) is 23.5 Å². The molecule has 2 N–H and O–H groups in total. The van der Waals surface area contributed by atoms with Crippen LogP contribution in [0.3, 0.4) is 0 Å². The molecule has 9 nitrogen and oxygen atoms in total. The maximum Gasteiger partial charge on any atom is 0.272 e. The standard InChI is InChI=1S/C33H26N4O5S/c1-21(38)23-9-13-26(14-10-23)37-30(39)19-29(33(37)42)43-27-15-11-25(12-16-27)35-32(41)28(18-22-6-5-17-34-20-22)36-31(40)24-7-3-2-4-8-24/h2-18,20,29H,19H2,1H3,(H,35,41)(H,36,40)/b28-18-. The van der Waals surface area contributed by atoms with Gasteiger partial charge in [-0.05, 0) is 85.3 Å². The fraction of sp³-hybridized carbons (Fsp3) is 0.0909. The number of amides is 4. The predicted molar refractivity (Wildman–Crippen MR) is 164 cm³/mol. The van der Waals surface area contributed by atoms with Crippen molar-refractivity contribution in [3.05, 3.63) is 126 Å². The number of rotatable bonds is 9. The Hall–Kier alpha value is -5.35. The molecule has 0 radical (unpaired) electrons. The van der Waals surface area contributed by atoms with Crippen LogP contribution < -0.4 is 15.5 Å². The molecule has 1 aromatic heterocycles. The molecule has 1 fully saturated rings. The minimum Gasteiger partial charge on any atom is -0.321 e. The van der Waals surface area contributed by atoms with E-state index in [4.69, 9.17) is 0 Å². The number of hydrogen-bond donors (Lipinski definition) is 2. The van der Waals surface area contributed by atoms with Crippen molar-refractivity contribution in [2.24, 2.45) is 0 Å². The molecule has 1 aliphatic rings. The predicted octanol–water partition coefficient (Wildman–Crippen LogP) is 5.12. The van der Waals surface area contributed by atoms with Gasteiger partial charge in [0, 0.05) is 40.5 Å². The quantitative estimate of drug-likeness (QED) is 0.158. The topological polar surface area (TPSA) is 126 Å². The van der Waals surface area contributed by atoms with E-state index in [0.717, 1.165) is 9.80 Å². The molecule has 214 valence electrons. The normalized spacial score (nSPS) is 14.9. The summed E-state index contributed by atoms with van der Waals surface area (Å²) in [5.41, 5.74) is 2.47. The van der Waals surface area contributed by atoms with Gasteiger partial charge >= 0.3 is 0 Å². The second kappa shape index (κ2) is 13.1. The third-order valence-corrected chi connectivity index (χ3v) is 7.75. The number of pyridine rings is 1.